The Morgan fingerprint density at radius 1 is 1.43 bits per heavy atom. The quantitative estimate of drug-likeness (QED) is 0.908. The Kier molecular flexibility index (Phi) is 4.52. The molecule has 0 saturated carbocycles. The van der Waals surface area contributed by atoms with Crippen LogP contribution in [0.2, 0.25) is 0 Å². The van der Waals surface area contributed by atoms with Gasteiger partial charge >= 0.3 is 0 Å². The molecule has 1 amide bonds. The predicted molar refractivity (Wildman–Crippen MR) is 79.5 cm³/mol. The minimum absolute atomic E-state index is 0.0769. The van der Waals surface area contributed by atoms with E-state index in [-0.39, 0.29) is 17.8 Å². The molecule has 21 heavy (non-hydrogen) atoms. The number of hydrogen-bond acceptors (Lipinski definition) is 3. The van der Waals surface area contributed by atoms with Crippen molar-refractivity contribution in [3.63, 3.8) is 0 Å². The maximum Gasteiger partial charge on any atom is 0.244 e. The van der Waals surface area contributed by atoms with Gasteiger partial charge in [-0.15, -0.1) is 0 Å². The maximum absolute atomic E-state index is 13.9. The van der Waals surface area contributed by atoms with Crippen LogP contribution < -0.4 is 10.1 Å². The summed E-state index contributed by atoms with van der Waals surface area (Å²) in [5.41, 5.74) is 0.156. The van der Waals surface area contributed by atoms with Crippen LogP contribution >= 0.6 is 0 Å². The molecule has 1 aromatic carbocycles. The standard InChI is InChI=1S/C16H23FN2O2/c1-5-9-19-14(18-16(3,6-2)15(19)20)11-7-8-13(21-4)12(17)10-11/h7-8,10,14,18H,5-6,9H2,1-4H3. The van der Waals surface area contributed by atoms with Crippen molar-refractivity contribution < 1.29 is 13.9 Å². The number of rotatable bonds is 5. The van der Waals surface area contributed by atoms with E-state index < -0.39 is 11.4 Å². The zero-order valence-electron chi connectivity index (χ0n) is 13.1. The molecule has 2 atom stereocenters. The number of carbonyl (C=O) groups excluding carboxylic acids is 1. The summed E-state index contributed by atoms with van der Waals surface area (Å²) in [5.74, 6) is -0.123. The number of carbonyl (C=O) groups is 1. The Labute approximate surface area is 125 Å². The smallest absolute Gasteiger partial charge is 0.244 e. The van der Waals surface area contributed by atoms with Crippen LogP contribution in [-0.4, -0.2) is 30.0 Å². The average molecular weight is 294 g/mol. The fourth-order valence-corrected chi connectivity index (χ4v) is 2.72. The fraction of sp³-hybridized carbons (Fsp3) is 0.562. The van der Waals surface area contributed by atoms with E-state index >= 15 is 0 Å². The summed E-state index contributed by atoms with van der Waals surface area (Å²) >= 11 is 0. The van der Waals surface area contributed by atoms with E-state index in [9.17, 15) is 9.18 Å². The molecule has 0 aromatic heterocycles. The predicted octanol–water partition coefficient (Wildman–Crippen LogP) is 2.84. The first-order valence-corrected chi connectivity index (χ1v) is 7.39. The zero-order chi connectivity index (χ0) is 15.6. The van der Waals surface area contributed by atoms with Crippen LogP contribution in [0.4, 0.5) is 4.39 Å². The first-order valence-electron chi connectivity index (χ1n) is 7.39. The van der Waals surface area contributed by atoms with Crippen LogP contribution in [0.25, 0.3) is 0 Å². The Morgan fingerprint density at radius 2 is 2.14 bits per heavy atom. The highest BCUT2D eigenvalue weighted by molar-refractivity contribution is 5.88. The van der Waals surface area contributed by atoms with E-state index in [2.05, 4.69) is 5.32 Å². The lowest BCUT2D eigenvalue weighted by Gasteiger charge is -2.24. The van der Waals surface area contributed by atoms with Gasteiger partial charge in [0.15, 0.2) is 11.6 Å². The van der Waals surface area contributed by atoms with Gasteiger partial charge in [0.25, 0.3) is 0 Å². The Bertz CT molecular complexity index is 535. The molecule has 1 N–H and O–H groups in total. The van der Waals surface area contributed by atoms with Gasteiger partial charge in [0.05, 0.1) is 12.6 Å². The molecule has 116 valence electrons. The van der Waals surface area contributed by atoms with Crippen LogP contribution in [0.15, 0.2) is 18.2 Å². The molecular formula is C16H23FN2O2. The van der Waals surface area contributed by atoms with E-state index in [0.717, 1.165) is 12.0 Å². The van der Waals surface area contributed by atoms with Crippen molar-refractivity contribution in [3.8, 4) is 5.75 Å². The molecule has 2 rings (SSSR count). The monoisotopic (exact) mass is 294 g/mol. The lowest BCUT2D eigenvalue weighted by atomic mass is 9.99. The lowest BCUT2D eigenvalue weighted by Crippen LogP contribution is -2.43. The third-order valence-electron chi connectivity index (χ3n) is 4.16. The summed E-state index contributed by atoms with van der Waals surface area (Å²) in [6, 6.07) is 4.84. The first-order chi connectivity index (χ1) is 9.96. The van der Waals surface area contributed by atoms with E-state index in [1.165, 1.54) is 13.2 Å². The second-order valence-electron chi connectivity index (χ2n) is 5.63. The molecular weight excluding hydrogens is 271 g/mol. The second kappa shape index (κ2) is 6.02. The maximum atomic E-state index is 13.9. The first kappa shape index (κ1) is 15.8. The Hall–Kier alpha value is -1.62. The average Bonchev–Trinajstić information content (AvgIpc) is 2.73. The van der Waals surface area contributed by atoms with Crippen LogP contribution in [0, 0.1) is 5.82 Å². The van der Waals surface area contributed by atoms with Gasteiger partial charge in [0, 0.05) is 6.54 Å². The van der Waals surface area contributed by atoms with Gasteiger partial charge in [-0.05, 0) is 37.5 Å². The SMILES string of the molecule is CCCN1C(=O)C(C)(CC)NC1c1ccc(OC)c(F)c1. The van der Waals surface area contributed by atoms with Crippen molar-refractivity contribution in [2.24, 2.45) is 0 Å². The molecule has 0 aliphatic carbocycles. The third kappa shape index (κ3) is 2.75. The van der Waals surface area contributed by atoms with Crippen molar-refractivity contribution in [1.82, 2.24) is 10.2 Å². The molecule has 1 saturated heterocycles. The van der Waals surface area contributed by atoms with Crippen LogP contribution in [0.1, 0.15) is 45.3 Å². The van der Waals surface area contributed by atoms with Crippen molar-refractivity contribution in [2.45, 2.75) is 45.3 Å². The molecule has 0 radical (unpaired) electrons. The molecule has 4 nitrogen and oxygen atoms in total. The zero-order valence-corrected chi connectivity index (χ0v) is 13.1. The molecule has 0 bridgehead atoms. The normalized spacial score (nSPS) is 25.5. The number of ether oxygens (including phenoxy) is 1. The van der Waals surface area contributed by atoms with Gasteiger partial charge in [0.1, 0.15) is 6.17 Å². The van der Waals surface area contributed by atoms with Crippen LogP contribution in [-0.2, 0) is 4.79 Å². The molecule has 1 aliphatic heterocycles. The summed E-state index contributed by atoms with van der Waals surface area (Å²) in [7, 11) is 1.44. The van der Waals surface area contributed by atoms with Gasteiger partial charge in [-0.3, -0.25) is 10.1 Å². The summed E-state index contributed by atoms with van der Waals surface area (Å²) in [4.78, 5) is 14.4. The molecule has 0 spiro atoms. The number of methoxy groups -OCH3 is 1. The number of hydrogen-bond donors (Lipinski definition) is 1. The minimum atomic E-state index is -0.587. The van der Waals surface area contributed by atoms with E-state index in [0.29, 0.717) is 13.0 Å². The van der Waals surface area contributed by atoms with Gasteiger partial charge in [-0.2, -0.15) is 0 Å². The summed E-state index contributed by atoms with van der Waals surface area (Å²) < 4.78 is 18.9. The van der Waals surface area contributed by atoms with E-state index in [1.807, 2.05) is 20.8 Å². The van der Waals surface area contributed by atoms with Crippen molar-refractivity contribution in [3.05, 3.63) is 29.6 Å². The third-order valence-corrected chi connectivity index (χ3v) is 4.16. The van der Waals surface area contributed by atoms with Crippen LogP contribution in [0.3, 0.4) is 0 Å². The molecule has 5 heteroatoms. The van der Waals surface area contributed by atoms with Gasteiger partial charge in [0.2, 0.25) is 5.91 Å². The number of halogens is 1. The number of nitrogens with zero attached hydrogens (tertiary/aromatic N) is 1. The highest BCUT2D eigenvalue weighted by Gasteiger charge is 2.46. The summed E-state index contributed by atoms with van der Waals surface area (Å²) in [6.07, 6.45) is 1.27. The minimum Gasteiger partial charge on any atom is -0.494 e. The molecule has 2 unspecified atom stereocenters. The Morgan fingerprint density at radius 3 is 2.67 bits per heavy atom. The topological polar surface area (TPSA) is 41.6 Å². The number of nitrogens with one attached hydrogen (secondary N) is 1. The van der Waals surface area contributed by atoms with Crippen molar-refractivity contribution in [1.29, 1.82) is 0 Å². The fourth-order valence-electron chi connectivity index (χ4n) is 2.72. The van der Waals surface area contributed by atoms with Crippen molar-refractivity contribution in [2.75, 3.05) is 13.7 Å². The number of amides is 1. The highest BCUT2D eigenvalue weighted by Crippen LogP contribution is 2.34. The molecule has 1 fully saturated rings. The molecule has 1 aliphatic rings. The second-order valence-corrected chi connectivity index (χ2v) is 5.63. The number of benzene rings is 1. The highest BCUT2D eigenvalue weighted by atomic mass is 19.1. The largest absolute Gasteiger partial charge is 0.494 e. The van der Waals surface area contributed by atoms with Gasteiger partial charge in [-0.25, -0.2) is 4.39 Å². The Balaban J connectivity index is 2.36. The van der Waals surface area contributed by atoms with E-state index in [1.54, 1.807) is 17.0 Å². The summed E-state index contributed by atoms with van der Waals surface area (Å²) in [6.45, 7) is 6.56. The lowest BCUT2D eigenvalue weighted by molar-refractivity contribution is -0.133. The summed E-state index contributed by atoms with van der Waals surface area (Å²) in [5, 5.41) is 3.35. The van der Waals surface area contributed by atoms with Gasteiger partial charge in [-0.1, -0.05) is 19.9 Å². The van der Waals surface area contributed by atoms with Crippen molar-refractivity contribution >= 4 is 5.91 Å². The van der Waals surface area contributed by atoms with Crippen LogP contribution in [0.5, 0.6) is 5.75 Å². The van der Waals surface area contributed by atoms with E-state index in [4.69, 9.17) is 4.74 Å². The molecule has 1 heterocycles. The molecule has 1 aromatic rings. The van der Waals surface area contributed by atoms with Gasteiger partial charge < -0.3 is 9.64 Å².